The maximum absolute atomic E-state index is 15.6. The molecule has 6 heterocycles. The second-order valence-corrected chi connectivity index (χ2v) is 17.7. The van der Waals surface area contributed by atoms with Gasteiger partial charge in [-0.15, -0.1) is 0 Å². The van der Waals surface area contributed by atoms with Gasteiger partial charge in [0.25, 0.3) is 0 Å². The molecule has 1 unspecified atom stereocenters. The van der Waals surface area contributed by atoms with Crippen LogP contribution in [0.3, 0.4) is 0 Å². The molecule has 62 heavy (non-hydrogen) atoms. The molecule has 3 aromatic heterocycles. The van der Waals surface area contributed by atoms with Crippen molar-refractivity contribution < 1.29 is 36.4 Å². The largest absolute Gasteiger partial charge is 0.374 e. The van der Waals surface area contributed by atoms with Crippen LogP contribution in [0.4, 0.5) is 26.1 Å². The number of halogens is 2. The molecule has 0 saturated carbocycles. The van der Waals surface area contributed by atoms with Crippen molar-refractivity contribution in [3.05, 3.63) is 95.6 Å². The first-order valence-electron chi connectivity index (χ1n) is 20.6. The van der Waals surface area contributed by atoms with Crippen molar-refractivity contribution in [2.45, 2.75) is 57.4 Å². The van der Waals surface area contributed by atoms with Gasteiger partial charge in [-0.25, -0.2) is 23.7 Å². The van der Waals surface area contributed by atoms with Gasteiger partial charge in [0.15, 0.2) is 5.82 Å². The number of nitrogens with zero attached hydrogens (tertiary/aromatic N) is 6. The number of hydrogen-bond donors (Lipinski definition) is 4. The average Bonchev–Trinajstić information content (AvgIpc) is 3.93. The Labute approximate surface area is 356 Å². The van der Waals surface area contributed by atoms with Gasteiger partial charge >= 0.3 is 10.2 Å². The number of ketones is 1. The van der Waals surface area contributed by atoms with Crippen LogP contribution in [0.2, 0.25) is 0 Å². The fourth-order valence-electron chi connectivity index (χ4n) is 8.25. The number of piperidine rings is 2. The minimum absolute atomic E-state index is 0.0646. The summed E-state index contributed by atoms with van der Waals surface area (Å²) in [6.45, 7) is 4.38. The first-order valence-corrected chi connectivity index (χ1v) is 22.0. The third-order valence-corrected chi connectivity index (χ3v) is 13.6. The molecule has 3 fully saturated rings. The third kappa shape index (κ3) is 8.85. The van der Waals surface area contributed by atoms with Crippen molar-refractivity contribution in [2.24, 2.45) is 5.92 Å². The highest BCUT2D eigenvalue weighted by atomic mass is 32.2. The number of likely N-dealkylation sites (tertiary alicyclic amines) is 1. The van der Waals surface area contributed by atoms with Gasteiger partial charge in [0, 0.05) is 105 Å². The molecule has 0 radical (unpaired) electrons. The number of benzene rings is 2. The Morgan fingerprint density at radius 2 is 1.66 bits per heavy atom. The van der Waals surface area contributed by atoms with E-state index in [1.165, 1.54) is 18.8 Å². The Hall–Kier alpha value is -6.34. The number of H-pyrrole nitrogens is 1. The number of imide groups is 1. The van der Waals surface area contributed by atoms with E-state index in [0.29, 0.717) is 79.5 Å². The van der Waals surface area contributed by atoms with Gasteiger partial charge < -0.3 is 20.1 Å². The second kappa shape index (κ2) is 17.6. The van der Waals surface area contributed by atoms with Crippen LogP contribution in [-0.2, 0) is 24.6 Å². The minimum Gasteiger partial charge on any atom is -0.374 e. The molecular formula is C43H46F2N10O6S. The van der Waals surface area contributed by atoms with Crippen LogP contribution in [0, 0.1) is 17.6 Å². The molecule has 3 amide bonds. The summed E-state index contributed by atoms with van der Waals surface area (Å²) < 4.78 is 58.7. The zero-order valence-corrected chi connectivity index (χ0v) is 35.0. The van der Waals surface area contributed by atoms with Gasteiger partial charge in [-0.1, -0.05) is 19.1 Å². The van der Waals surface area contributed by atoms with Gasteiger partial charge in [-0.05, 0) is 73.4 Å². The van der Waals surface area contributed by atoms with E-state index in [0.717, 1.165) is 41.4 Å². The second-order valence-electron chi connectivity index (χ2n) is 16.0. The Morgan fingerprint density at radius 1 is 0.935 bits per heavy atom. The predicted octanol–water partition coefficient (Wildman–Crippen LogP) is 4.98. The predicted molar refractivity (Wildman–Crippen MR) is 227 cm³/mol. The molecule has 2 atom stereocenters. The molecule has 0 aliphatic carbocycles. The summed E-state index contributed by atoms with van der Waals surface area (Å²) in [6.07, 6.45) is 9.89. The van der Waals surface area contributed by atoms with Crippen LogP contribution in [0.15, 0.2) is 67.3 Å². The van der Waals surface area contributed by atoms with Crippen molar-refractivity contribution in [1.82, 2.24) is 34.5 Å². The van der Waals surface area contributed by atoms with Crippen LogP contribution < -0.4 is 20.3 Å². The Kier molecular flexibility index (Phi) is 12.0. The van der Waals surface area contributed by atoms with Crippen molar-refractivity contribution in [3.8, 4) is 11.1 Å². The molecule has 0 bridgehead atoms. The van der Waals surface area contributed by atoms with E-state index in [-0.39, 0.29) is 35.7 Å². The standard InChI is InChI=1S/C43H46F2N10O6S/c1-3-53(2)62(60,61)52-34-9-8-33(44)38(39(34)45)40(58)32-23-47-41-31(32)19-28(20-46-41)29-21-48-43(49-22-29)55-15-12-25(24-55)18-37(57)54-16-13-27(14-17-54)26-4-6-30(7-5-26)50-35-10-11-36(56)51-42(35)59/h4-9,19-23,25,27,35,50,52H,3,10-18,24H2,1-2H3,(H,46,47)(H,51,56,59)/t25-,35?/m0/s1. The molecule has 19 heteroatoms. The number of aromatic amines is 1. The topological polar surface area (TPSA) is 203 Å². The Balaban J connectivity index is 0.853. The lowest BCUT2D eigenvalue weighted by Gasteiger charge is -2.33. The number of carbonyl (C=O) groups excluding carboxylic acids is 4. The Bertz CT molecular complexity index is 2640. The molecule has 16 nitrogen and oxygen atoms in total. The zero-order chi connectivity index (χ0) is 43.7. The van der Waals surface area contributed by atoms with Crippen molar-refractivity contribution in [2.75, 3.05) is 54.7 Å². The van der Waals surface area contributed by atoms with Crippen molar-refractivity contribution >= 4 is 62.1 Å². The Morgan fingerprint density at radius 3 is 2.37 bits per heavy atom. The summed E-state index contributed by atoms with van der Waals surface area (Å²) in [6, 6.07) is 11.0. The summed E-state index contributed by atoms with van der Waals surface area (Å²) in [5.41, 5.74) is 1.91. The van der Waals surface area contributed by atoms with Crippen molar-refractivity contribution in [1.29, 1.82) is 0 Å². The number of pyridine rings is 1. The zero-order valence-electron chi connectivity index (χ0n) is 34.2. The number of aromatic nitrogens is 4. The maximum Gasteiger partial charge on any atom is 0.301 e. The van der Waals surface area contributed by atoms with E-state index in [9.17, 15) is 27.6 Å². The molecule has 3 aliphatic rings. The number of rotatable bonds is 13. The first kappa shape index (κ1) is 42.4. The first-order chi connectivity index (χ1) is 29.8. The fourth-order valence-corrected chi connectivity index (χ4v) is 9.18. The molecule has 3 aliphatic heterocycles. The van der Waals surface area contributed by atoms with E-state index < -0.39 is 44.9 Å². The van der Waals surface area contributed by atoms with E-state index >= 15 is 8.78 Å². The number of fused-ring (bicyclic) bond motifs is 1. The fraction of sp³-hybridized carbons (Fsp3) is 0.372. The van der Waals surface area contributed by atoms with Crippen LogP contribution >= 0.6 is 0 Å². The van der Waals surface area contributed by atoms with E-state index in [2.05, 4.69) is 52.3 Å². The molecule has 324 valence electrons. The lowest BCUT2D eigenvalue weighted by Crippen LogP contribution is -2.47. The van der Waals surface area contributed by atoms with Crippen molar-refractivity contribution in [3.63, 3.8) is 0 Å². The van der Waals surface area contributed by atoms with Gasteiger partial charge in [-0.3, -0.25) is 29.2 Å². The van der Waals surface area contributed by atoms with E-state index in [1.54, 1.807) is 31.6 Å². The smallest absolute Gasteiger partial charge is 0.301 e. The van der Waals surface area contributed by atoms with Crippen LogP contribution in [0.25, 0.3) is 22.2 Å². The maximum atomic E-state index is 15.6. The molecule has 5 aromatic rings. The molecule has 8 rings (SSSR count). The summed E-state index contributed by atoms with van der Waals surface area (Å²) in [5, 5.41) is 5.87. The minimum atomic E-state index is -4.15. The number of amides is 3. The highest BCUT2D eigenvalue weighted by molar-refractivity contribution is 7.90. The molecular weight excluding hydrogens is 823 g/mol. The lowest BCUT2D eigenvalue weighted by molar-refractivity contribution is -0.134. The normalized spacial score (nSPS) is 18.7. The summed E-state index contributed by atoms with van der Waals surface area (Å²) in [5.74, 6) is -2.91. The van der Waals surface area contributed by atoms with Crippen LogP contribution in [0.5, 0.6) is 0 Å². The van der Waals surface area contributed by atoms with E-state index in [4.69, 9.17) is 0 Å². The monoisotopic (exact) mass is 868 g/mol. The third-order valence-electron chi connectivity index (χ3n) is 12.0. The lowest BCUT2D eigenvalue weighted by atomic mass is 9.89. The van der Waals surface area contributed by atoms with Gasteiger partial charge in [0.2, 0.25) is 29.5 Å². The number of anilines is 3. The highest BCUT2D eigenvalue weighted by Crippen LogP contribution is 2.33. The number of carbonyl (C=O) groups is 4. The number of nitrogens with one attached hydrogen (secondary N) is 4. The summed E-state index contributed by atoms with van der Waals surface area (Å²) in [7, 11) is -2.86. The molecule has 3 saturated heterocycles. The van der Waals surface area contributed by atoms with Gasteiger partial charge in [-0.2, -0.15) is 12.7 Å². The van der Waals surface area contributed by atoms with Gasteiger partial charge in [0.05, 0.1) is 11.3 Å². The highest BCUT2D eigenvalue weighted by Gasteiger charge is 2.31. The van der Waals surface area contributed by atoms with Gasteiger partial charge in [0.1, 0.15) is 17.5 Å². The molecule has 4 N–H and O–H groups in total. The average molecular weight is 869 g/mol. The van der Waals surface area contributed by atoms with E-state index in [1.807, 2.05) is 17.0 Å². The number of hydrogen-bond acceptors (Lipinski definition) is 11. The molecule has 2 aromatic carbocycles. The molecule has 0 spiro atoms. The van der Waals surface area contributed by atoms with Crippen LogP contribution in [0.1, 0.15) is 72.9 Å². The summed E-state index contributed by atoms with van der Waals surface area (Å²) in [4.78, 5) is 71.1. The quantitative estimate of drug-likeness (QED) is 0.0919. The summed E-state index contributed by atoms with van der Waals surface area (Å²) >= 11 is 0. The van der Waals surface area contributed by atoms with Crippen LogP contribution in [-0.4, -0.2) is 107 Å². The SMILES string of the molecule is CCN(C)S(=O)(=O)Nc1ccc(F)c(C(=O)c2c[nH]c3ncc(-c4cnc(N5CC[C@@H](CC(=O)N6CCC(c7ccc(NC8CCC(=O)NC8=O)cc7)CC6)C5)nc4)cc23)c1F.